The molecule has 0 fully saturated rings. The number of benzene rings is 4. The summed E-state index contributed by atoms with van der Waals surface area (Å²) < 4.78 is 47.5. The van der Waals surface area contributed by atoms with Crippen molar-refractivity contribution in [1.29, 1.82) is 0 Å². The molecule has 0 unspecified atom stereocenters. The molecule has 39 heavy (non-hydrogen) atoms. The molecule has 0 radical (unpaired) electrons. The van der Waals surface area contributed by atoms with Gasteiger partial charge in [0.15, 0.2) is 5.16 Å². The minimum Gasteiger partial charge on any atom is -0.497 e. The summed E-state index contributed by atoms with van der Waals surface area (Å²) in [5, 5.41) is 2.64. The first-order valence-corrected chi connectivity index (χ1v) is 13.0. The summed E-state index contributed by atoms with van der Waals surface area (Å²) in [5.41, 5.74) is 2.24. The molecule has 5 nitrogen and oxygen atoms in total. The molecule has 0 aliphatic carbocycles. The average Bonchev–Trinajstić information content (AvgIpc) is 3.28. The lowest BCUT2D eigenvalue weighted by atomic mass is 10.1. The Morgan fingerprint density at radius 1 is 0.949 bits per heavy atom. The van der Waals surface area contributed by atoms with Crippen LogP contribution in [-0.4, -0.2) is 22.6 Å². The molecular formula is C30H24F3N3O2S. The maximum atomic E-state index is 13.6. The third-order valence-corrected chi connectivity index (χ3v) is 7.37. The highest BCUT2D eigenvalue weighted by molar-refractivity contribution is 8.00. The van der Waals surface area contributed by atoms with Gasteiger partial charge in [-0.3, -0.25) is 4.79 Å². The number of nitrogens with zero attached hydrogens (tertiary/aromatic N) is 2. The van der Waals surface area contributed by atoms with E-state index in [0.29, 0.717) is 28.7 Å². The Labute approximate surface area is 227 Å². The molecule has 0 saturated carbocycles. The lowest BCUT2D eigenvalue weighted by molar-refractivity contribution is -0.137. The van der Waals surface area contributed by atoms with Gasteiger partial charge in [-0.15, -0.1) is 0 Å². The molecule has 1 N–H and O–H groups in total. The van der Waals surface area contributed by atoms with Crippen molar-refractivity contribution in [3.8, 4) is 5.75 Å². The molecule has 0 bridgehead atoms. The first-order valence-electron chi connectivity index (χ1n) is 12.1. The zero-order valence-electron chi connectivity index (χ0n) is 20.9. The third kappa shape index (κ3) is 6.09. The van der Waals surface area contributed by atoms with Crippen LogP contribution in [0.4, 0.5) is 18.9 Å². The lowest BCUT2D eigenvalue weighted by Crippen LogP contribution is -2.19. The molecule has 198 valence electrons. The fourth-order valence-electron chi connectivity index (χ4n) is 4.21. The van der Waals surface area contributed by atoms with Crippen molar-refractivity contribution in [2.24, 2.45) is 0 Å². The number of thioether (sulfide) groups is 1. The number of hydrogen-bond donors (Lipinski definition) is 1. The first kappa shape index (κ1) is 26.4. The van der Waals surface area contributed by atoms with Crippen molar-refractivity contribution >= 4 is 34.4 Å². The van der Waals surface area contributed by atoms with Gasteiger partial charge in [0, 0.05) is 11.8 Å². The highest BCUT2D eigenvalue weighted by Crippen LogP contribution is 2.39. The number of amides is 1. The van der Waals surface area contributed by atoms with Crippen molar-refractivity contribution < 1.29 is 22.7 Å². The predicted molar refractivity (Wildman–Crippen MR) is 147 cm³/mol. The number of halogens is 3. The first-order chi connectivity index (χ1) is 18.8. The largest absolute Gasteiger partial charge is 0.497 e. The van der Waals surface area contributed by atoms with Crippen molar-refractivity contribution in [3.63, 3.8) is 0 Å². The zero-order valence-corrected chi connectivity index (χ0v) is 21.7. The van der Waals surface area contributed by atoms with E-state index < -0.39 is 17.0 Å². The second kappa shape index (κ2) is 11.2. The molecular weight excluding hydrogens is 523 g/mol. The van der Waals surface area contributed by atoms with Crippen LogP contribution in [0.5, 0.6) is 5.75 Å². The number of fused-ring (bicyclic) bond motifs is 1. The van der Waals surface area contributed by atoms with E-state index in [1.165, 1.54) is 17.8 Å². The van der Waals surface area contributed by atoms with Crippen LogP contribution in [0.2, 0.25) is 0 Å². The van der Waals surface area contributed by atoms with E-state index in [1.807, 2.05) is 65.2 Å². The molecule has 5 aromatic rings. The van der Waals surface area contributed by atoms with Crippen molar-refractivity contribution in [2.45, 2.75) is 23.1 Å². The zero-order chi connectivity index (χ0) is 27.4. The number of anilines is 1. The molecule has 1 aromatic heterocycles. The number of ether oxygens (including phenoxy) is 1. The van der Waals surface area contributed by atoms with Crippen LogP contribution in [0.3, 0.4) is 0 Å². The van der Waals surface area contributed by atoms with Crippen LogP contribution in [0, 0.1) is 0 Å². The van der Waals surface area contributed by atoms with Gasteiger partial charge in [-0.2, -0.15) is 13.2 Å². The number of methoxy groups -OCH3 is 1. The SMILES string of the molecule is COc1cccc(NC(=O)[C@H](Sc2nc3cc(C(F)(F)F)ccc3n2Cc2ccccc2)c2ccccc2)c1. The van der Waals surface area contributed by atoms with Gasteiger partial charge in [-0.05, 0) is 41.5 Å². The van der Waals surface area contributed by atoms with Gasteiger partial charge in [-0.25, -0.2) is 4.98 Å². The van der Waals surface area contributed by atoms with Crippen LogP contribution in [0.1, 0.15) is 21.9 Å². The van der Waals surface area contributed by atoms with E-state index in [2.05, 4.69) is 10.3 Å². The highest BCUT2D eigenvalue weighted by Gasteiger charge is 2.32. The minimum atomic E-state index is -4.49. The normalized spacial score (nSPS) is 12.3. The number of aromatic nitrogens is 2. The smallest absolute Gasteiger partial charge is 0.416 e. The molecule has 0 spiro atoms. The van der Waals surface area contributed by atoms with Crippen LogP contribution >= 0.6 is 11.8 Å². The van der Waals surface area contributed by atoms with Gasteiger partial charge in [0.05, 0.1) is 30.3 Å². The Morgan fingerprint density at radius 2 is 1.67 bits per heavy atom. The molecule has 4 aromatic carbocycles. The van der Waals surface area contributed by atoms with Crippen molar-refractivity contribution in [3.05, 3.63) is 120 Å². The lowest BCUT2D eigenvalue weighted by Gasteiger charge is -2.18. The monoisotopic (exact) mass is 547 g/mol. The molecule has 0 aliphatic heterocycles. The number of nitrogens with one attached hydrogen (secondary N) is 1. The summed E-state index contributed by atoms with van der Waals surface area (Å²) in [6, 6.07) is 29.4. The van der Waals surface area contributed by atoms with E-state index in [-0.39, 0.29) is 11.4 Å². The fourth-order valence-corrected chi connectivity index (χ4v) is 5.32. The maximum absolute atomic E-state index is 13.6. The molecule has 1 atom stereocenters. The van der Waals surface area contributed by atoms with Crippen molar-refractivity contribution in [2.75, 3.05) is 12.4 Å². The predicted octanol–water partition coefficient (Wildman–Crippen LogP) is 7.58. The molecule has 5 rings (SSSR count). The Morgan fingerprint density at radius 3 is 2.36 bits per heavy atom. The summed E-state index contributed by atoms with van der Waals surface area (Å²) in [4.78, 5) is 18.2. The van der Waals surface area contributed by atoms with Crippen LogP contribution in [0.15, 0.2) is 108 Å². The summed E-state index contributed by atoms with van der Waals surface area (Å²) in [6.45, 7) is 0.379. The second-order valence-electron chi connectivity index (χ2n) is 8.80. The summed E-state index contributed by atoms with van der Waals surface area (Å²) in [5.74, 6) is 0.301. The van der Waals surface area contributed by atoms with Gasteiger partial charge >= 0.3 is 6.18 Å². The van der Waals surface area contributed by atoms with Crippen molar-refractivity contribution in [1.82, 2.24) is 9.55 Å². The third-order valence-electron chi connectivity index (χ3n) is 6.13. The molecule has 0 aliphatic rings. The standard InChI is InChI=1S/C30H24F3N3O2S/c1-38-24-14-8-13-23(18-24)34-28(37)27(21-11-6-3-7-12-21)39-29-35-25-17-22(30(31,32)33)15-16-26(25)36(29)19-20-9-4-2-5-10-20/h2-18,27H,19H2,1H3,(H,34,37)/t27-/m1/s1. The topological polar surface area (TPSA) is 56.1 Å². The fraction of sp³-hybridized carbons (Fsp3) is 0.133. The minimum absolute atomic E-state index is 0.211. The van der Waals surface area contributed by atoms with Crippen LogP contribution < -0.4 is 10.1 Å². The van der Waals surface area contributed by atoms with Gasteiger partial charge in [0.25, 0.3) is 0 Å². The van der Waals surface area contributed by atoms with Gasteiger partial charge < -0.3 is 14.6 Å². The second-order valence-corrected chi connectivity index (χ2v) is 9.87. The molecule has 1 amide bonds. The summed E-state index contributed by atoms with van der Waals surface area (Å²) in [6.07, 6.45) is -4.49. The molecule has 0 saturated heterocycles. The van der Waals surface area contributed by atoms with E-state index in [0.717, 1.165) is 23.3 Å². The molecule has 1 heterocycles. The van der Waals surface area contributed by atoms with E-state index in [9.17, 15) is 18.0 Å². The van der Waals surface area contributed by atoms with E-state index >= 15 is 0 Å². The number of rotatable bonds is 8. The number of hydrogen-bond acceptors (Lipinski definition) is 4. The number of carbonyl (C=O) groups is 1. The quantitative estimate of drug-likeness (QED) is 0.204. The van der Waals surface area contributed by atoms with E-state index in [1.54, 1.807) is 31.4 Å². The highest BCUT2D eigenvalue weighted by atomic mass is 32.2. The van der Waals surface area contributed by atoms with Crippen LogP contribution in [0.25, 0.3) is 11.0 Å². The number of imidazole rings is 1. The summed E-state index contributed by atoms with van der Waals surface area (Å²) in [7, 11) is 1.55. The van der Waals surface area contributed by atoms with E-state index in [4.69, 9.17) is 4.74 Å². The number of carbonyl (C=O) groups excluding carboxylic acids is 1. The average molecular weight is 548 g/mol. The van der Waals surface area contributed by atoms with Gasteiger partial charge in [0.1, 0.15) is 11.0 Å². The maximum Gasteiger partial charge on any atom is 0.416 e. The van der Waals surface area contributed by atoms with Gasteiger partial charge in [0.2, 0.25) is 5.91 Å². The Bertz CT molecular complexity index is 1590. The Kier molecular flexibility index (Phi) is 7.60. The van der Waals surface area contributed by atoms with Gasteiger partial charge in [-0.1, -0.05) is 78.5 Å². The Hall–Kier alpha value is -4.24. The summed E-state index contributed by atoms with van der Waals surface area (Å²) >= 11 is 1.19. The van der Waals surface area contributed by atoms with Crippen LogP contribution in [-0.2, 0) is 17.5 Å². The molecule has 9 heteroatoms. The number of alkyl halides is 3. The Balaban J connectivity index is 1.56.